The van der Waals surface area contributed by atoms with Gasteiger partial charge in [-0.25, -0.2) is 0 Å². The topological polar surface area (TPSA) is 81.9 Å². The second kappa shape index (κ2) is 7.25. The van der Waals surface area contributed by atoms with Gasteiger partial charge in [-0.05, 0) is 37.1 Å². The molecule has 7 heteroatoms. The van der Waals surface area contributed by atoms with Crippen molar-refractivity contribution in [1.29, 1.82) is 0 Å². The lowest BCUT2D eigenvalue weighted by Crippen LogP contribution is -2.35. The van der Waals surface area contributed by atoms with Gasteiger partial charge in [0.1, 0.15) is 0 Å². The van der Waals surface area contributed by atoms with Gasteiger partial charge in [0.2, 0.25) is 0 Å². The van der Waals surface area contributed by atoms with Crippen LogP contribution in [0.3, 0.4) is 0 Å². The fourth-order valence-corrected chi connectivity index (χ4v) is 3.41. The second-order valence-corrected chi connectivity index (χ2v) is 6.51. The number of anilines is 1. The molecule has 1 heterocycles. The molecule has 2 N–H and O–H groups in total. The van der Waals surface area contributed by atoms with Crippen LogP contribution >= 0.6 is 11.6 Å². The summed E-state index contributed by atoms with van der Waals surface area (Å²) in [6.45, 7) is 1.67. The Kier molecular flexibility index (Phi) is 5.04. The number of primary amides is 1. The molecule has 0 spiro atoms. The number of methoxy groups -OCH3 is 1. The summed E-state index contributed by atoms with van der Waals surface area (Å²) < 4.78 is 10.6. The van der Waals surface area contributed by atoms with Crippen LogP contribution < -0.4 is 20.1 Å². The van der Waals surface area contributed by atoms with Crippen molar-refractivity contribution >= 4 is 29.1 Å². The maximum atomic E-state index is 13.1. The normalized spacial score (nSPS) is 15.5. The number of para-hydroxylation sites is 1. The number of benzene rings is 2. The minimum Gasteiger partial charge on any atom is -0.493 e. The van der Waals surface area contributed by atoms with Gasteiger partial charge < -0.3 is 20.1 Å². The van der Waals surface area contributed by atoms with E-state index < -0.39 is 5.91 Å². The zero-order valence-electron chi connectivity index (χ0n) is 14.5. The Hall–Kier alpha value is -2.73. The first-order chi connectivity index (χ1) is 12.4. The first kappa shape index (κ1) is 18.1. The minimum atomic E-state index is -0.634. The zero-order chi connectivity index (χ0) is 18.8. The number of nitrogens with zero attached hydrogens (tertiary/aromatic N) is 1. The maximum Gasteiger partial charge on any atom is 0.258 e. The molecule has 136 valence electrons. The van der Waals surface area contributed by atoms with Crippen molar-refractivity contribution in [2.24, 2.45) is 5.73 Å². The van der Waals surface area contributed by atoms with Crippen LogP contribution in [0.5, 0.6) is 11.5 Å². The van der Waals surface area contributed by atoms with Crippen molar-refractivity contribution in [1.82, 2.24) is 0 Å². The Morgan fingerprint density at radius 1 is 1.31 bits per heavy atom. The molecule has 26 heavy (non-hydrogen) atoms. The Labute approximate surface area is 156 Å². The molecule has 0 aliphatic carbocycles. The number of amides is 2. The highest BCUT2D eigenvalue weighted by Gasteiger charge is 2.32. The first-order valence-electron chi connectivity index (χ1n) is 8.12. The van der Waals surface area contributed by atoms with Crippen LogP contribution in [0.2, 0.25) is 5.02 Å². The summed E-state index contributed by atoms with van der Waals surface area (Å²) in [6, 6.07) is 10.9. The van der Waals surface area contributed by atoms with E-state index in [0.717, 1.165) is 17.7 Å². The van der Waals surface area contributed by atoms with Gasteiger partial charge in [0, 0.05) is 17.3 Å². The average molecular weight is 375 g/mol. The highest BCUT2D eigenvalue weighted by Crippen LogP contribution is 2.38. The largest absolute Gasteiger partial charge is 0.493 e. The number of carbonyl (C=O) groups is 2. The molecular weight excluding hydrogens is 356 g/mol. The van der Waals surface area contributed by atoms with Gasteiger partial charge in [-0.3, -0.25) is 9.59 Å². The number of halogens is 1. The number of rotatable bonds is 5. The predicted molar refractivity (Wildman–Crippen MR) is 99.1 cm³/mol. The van der Waals surface area contributed by atoms with E-state index in [9.17, 15) is 9.59 Å². The van der Waals surface area contributed by atoms with Crippen LogP contribution in [0.25, 0.3) is 0 Å². The summed E-state index contributed by atoms with van der Waals surface area (Å²) in [5, 5.41) is 0.175. The zero-order valence-corrected chi connectivity index (χ0v) is 15.2. The summed E-state index contributed by atoms with van der Waals surface area (Å²) in [5.74, 6) is -0.364. The monoisotopic (exact) mass is 374 g/mol. The van der Waals surface area contributed by atoms with Crippen LogP contribution in [0.15, 0.2) is 36.4 Å². The molecule has 6 nitrogen and oxygen atoms in total. The van der Waals surface area contributed by atoms with Crippen molar-refractivity contribution in [2.45, 2.75) is 19.4 Å². The van der Waals surface area contributed by atoms with Gasteiger partial charge in [-0.15, -0.1) is 0 Å². The molecule has 1 aliphatic rings. The highest BCUT2D eigenvalue weighted by molar-refractivity contribution is 6.33. The lowest BCUT2D eigenvalue weighted by Gasteiger charge is -2.23. The Balaban J connectivity index is 1.95. The van der Waals surface area contributed by atoms with Crippen LogP contribution in [0, 0.1) is 0 Å². The van der Waals surface area contributed by atoms with E-state index in [1.54, 1.807) is 11.0 Å². The van der Waals surface area contributed by atoms with Gasteiger partial charge in [-0.2, -0.15) is 0 Å². The van der Waals surface area contributed by atoms with Crippen LogP contribution in [0.4, 0.5) is 5.69 Å². The third-order valence-corrected chi connectivity index (χ3v) is 4.54. The molecule has 2 aromatic carbocycles. The molecule has 0 saturated heterocycles. The molecule has 2 amide bonds. The Morgan fingerprint density at radius 3 is 2.73 bits per heavy atom. The quantitative estimate of drug-likeness (QED) is 0.872. The molecular formula is C19H19ClN2O4. The van der Waals surface area contributed by atoms with Gasteiger partial charge in [0.05, 0.1) is 12.1 Å². The highest BCUT2D eigenvalue weighted by atomic mass is 35.5. The van der Waals surface area contributed by atoms with Crippen molar-refractivity contribution < 1.29 is 19.1 Å². The standard InChI is InChI=1S/C19H19ClN2O4/c1-11-7-12-5-3-4-6-15(12)22(11)19(24)13-8-14(20)18(16(9-13)25-2)26-10-17(21)23/h3-6,8-9,11H,7,10H2,1-2H3,(H2,21,23). The van der Waals surface area contributed by atoms with Crippen LogP contribution in [-0.2, 0) is 11.2 Å². The van der Waals surface area contributed by atoms with Crippen molar-refractivity contribution in [2.75, 3.05) is 18.6 Å². The third kappa shape index (κ3) is 3.32. The van der Waals surface area contributed by atoms with Crippen LogP contribution in [-0.4, -0.2) is 31.6 Å². The molecule has 3 rings (SSSR count). The molecule has 0 radical (unpaired) electrons. The first-order valence-corrected chi connectivity index (χ1v) is 8.50. The van der Waals surface area contributed by atoms with Crippen LogP contribution in [0.1, 0.15) is 22.8 Å². The van der Waals surface area contributed by atoms with E-state index in [-0.39, 0.29) is 35.1 Å². The van der Waals surface area contributed by atoms with Crippen molar-refractivity contribution in [3.05, 3.63) is 52.5 Å². The molecule has 1 unspecified atom stereocenters. The SMILES string of the molecule is COc1cc(C(=O)N2c3ccccc3CC2C)cc(Cl)c1OCC(N)=O. The number of fused-ring (bicyclic) bond motifs is 1. The smallest absolute Gasteiger partial charge is 0.258 e. The average Bonchev–Trinajstić information content (AvgIpc) is 2.94. The van der Waals surface area contributed by atoms with Gasteiger partial charge in [-0.1, -0.05) is 29.8 Å². The number of carbonyl (C=O) groups excluding carboxylic acids is 2. The molecule has 0 bridgehead atoms. The minimum absolute atomic E-state index is 0.0375. The molecule has 0 fully saturated rings. The number of ether oxygens (including phenoxy) is 2. The number of hydrogen-bond acceptors (Lipinski definition) is 4. The second-order valence-electron chi connectivity index (χ2n) is 6.10. The van der Waals surface area contributed by atoms with E-state index in [1.807, 2.05) is 31.2 Å². The van der Waals surface area contributed by atoms with Crippen molar-refractivity contribution in [3.8, 4) is 11.5 Å². The fraction of sp³-hybridized carbons (Fsp3) is 0.263. The molecule has 1 aliphatic heterocycles. The third-order valence-electron chi connectivity index (χ3n) is 4.26. The maximum absolute atomic E-state index is 13.1. The fourth-order valence-electron chi connectivity index (χ4n) is 3.14. The van der Waals surface area contributed by atoms with E-state index in [0.29, 0.717) is 5.56 Å². The number of hydrogen-bond donors (Lipinski definition) is 1. The van der Waals surface area contributed by atoms with Gasteiger partial charge in [0.25, 0.3) is 11.8 Å². The van der Waals surface area contributed by atoms with Gasteiger partial charge in [0.15, 0.2) is 18.1 Å². The molecule has 1 atom stereocenters. The predicted octanol–water partition coefficient (Wildman–Crippen LogP) is 2.80. The van der Waals surface area contributed by atoms with E-state index in [1.165, 1.54) is 13.2 Å². The molecule has 2 aromatic rings. The molecule has 0 aromatic heterocycles. The molecule has 0 saturated carbocycles. The van der Waals surface area contributed by atoms with Gasteiger partial charge >= 0.3 is 0 Å². The van der Waals surface area contributed by atoms with Crippen molar-refractivity contribution in [3.63, 3.8) is 0 Å². The summed E-state index contributed by atoms with van der Waals surface area (Å²) >= 11 is 6.26. The lowest BCUT2D eigenvalue weighted by molar-refractivity contribution is -0.119. The summed E-state index contributed by atoms with van der Waals surface area (Å²) in [7, 11) is 1.44. The summed E-state index contributed by atoms with van der Waals surface area (Å²) in [6.07, 6.45) is 0.798. The number of nitrogens with two attached hydrogens (primary N) is 1. The summed E-state index contributed by atoms with van der Waals surface area (Å²) in [5.41, 5.74) is 7.50. The van der Waals surface area contributed by atoms with E-state index in [2.05, 4.69) is 0 Å². The Bertz CT molecular complexity index is 869. The van der Waals surface area contributed by atoms with E-state index >= 15 is 0 Å². The van der Waals surface area contributed by atoms with E-state index in [4.69, 9.17) is 26.8 Å². The Morgan fingerprint density at radius 2 is 2.04 bits per heavy atom. The lowest BCUT2D eigenvalue weighted by atomic mass is 10.1. The summed E-state index contributed by atoms with van der Waals surface area (Å²) in [4.78, 5) is 25.8.